The van der Waals surface area contributed by atoms with Gasteiger partial charge < -0.3 is 9.64 Å². The van der Waals surface area contributed by atoms with Gasteiger partial charge in [0.05, 0.1) is 12.7 Å². The van der Waals surface area contributed by atoms with Gasteiger partial charge in [-0.05, 0) is 53.0 Å². The highest BCUT2D eigenvalue weighted by molar-refractivity contribution is 4.97. The Morgan fingerprint density at radius 1 is 1.40 bits per heavy atom. The molecule has 1 saturated heterocycles. The van der Waals surface area contributed by atoms with Crippen molar-refractivity contribution in [2.45, 2.75) is 58.6 Å². The van der Waals surface area contributed by atoms with Gasteiger partial charge >= 0.3 is 0 Å². The number of hydrogen-bond donors (Lipinski definition) is 0. The van der Waals surface area contributed by atoms with Crippen molar-refractivity contribution in [3.05, 3.63) is 0 Å². The Morgan fingerprint density at radius 3 is 2.60 bits per heavy atom. The Kier molecular flexibility index (Phi) is 3.36. The largest absolute Gasteiger partial charge is 0.378 e. The summed E-state index contributed by atoms with van der Waals surface area (Å²) in [6.45, 7) is 10.2. The molecule has 2 rings (SSSR count). The fourth-order valence-corrected chi connectivity index (χ4v) is 2.53. The van der Waals surface area contributed by atoms with Gasteiger partial charge in [0.15, 0.2) is 0 Å². The Labute approximate surface area is 94.0 Å². The molecule has 2 nitrogen and oxygen atoms in total. The van der Waals surface area contributed by atoms with Crippen molar-refractivity contribution in [2.75, 3.05) is 19.7 Å². The molecule has 88 valence electrons. The maximum Gasteiger partial charge on any atom is 0.0538 e. The van der Waals surface area contributed by atoms with Crippen molar-refractivity contribution in [1.29, 1.82) is 0 Å². The van der Waals surface area contributed by atoms with E-state index in [0.717, 1.165) is 12.6 Å². The van der Waals surface area contributed by atoms with Gasteiger partial charge in [-0.2, -0.15) is 0 Å². The van der Waals surface area contributed by atoms with Crippen LogP contribution in [0.25, 0.3) is 0 Å². The van der Waals surface area contributed by atoms with Gasteiger partial charge in [0.25, 0.3) is 0 Å². The second-order valence-corrected chi connectivity index (χ2v) is 5.82. The first-order valence-electron chi connectivity index (χ1n) is 6.47. The molecule has 0 radical (unpaired) electrons. The van der Waals surface area contributed by atoms with Gasteiger partial charge in [-0.1, -0.05) is 0 Å². The standard InChI is InChI=1S/C13H25NO/c1-11(2)15-10-13(6-7-13)9-14-8-4-5-12(14)3/h11-12H,4-10H2,1-3H3/t12-/m1/s1. The highest BCUT2D eigenvalue weighted by Gasteiger charge is 2.45. The molecule has 2 heteroatoms. The van der Waals surface area contributed by atoms with Gasteiger partial charge in [-0.25, -0.2) is 0 Å². The molecule has 0 N–H and O–H groups in total. The lowest BCUT2D eigenvalue weighted by Gasteiger charge is -2.27. The summed E-state index contributed by atoms with van der Waals surface area (Å²) >= 11 is 0. The maximum absolute atomic E-state index is 5.79. The molecule has 0 amide bonds. The average Bonchev–Trinajstić information content (AvgIpc) is 2.83. The first-order chi connectivity index (χ1) is 7.11. The second kappa shape index (κ2) is 4.42. The molecule has 0 aromatic carbocycles. The van der Waals surface area contributed by atoms with Crippen LogP contribution in [0, 0.1) is 5.41 Å². The maximum atomic E-state index is 5.79. The van der Waals surface area contributed by atoms with Crippen LogP contribution in [-0.2, 0) is 4.74 Å². The fraction of sp³-hybridized carbons (Fsp3) is 1.00. The lowest BCUT2D eigenvalue weighted by molar-refractivity contribution is 0.0302. The Bertz CT molecular complexity index is 211. The molecule has 15 heavy (non-hydrogen) atoms. The minimum Gasteiger partial charge on any atom is -0.378 e. The molecular weight excluding hydrogens is 186 g/mol. The molecule has 0 bridgehead atoms. The van der Waals surface area contributed by atoms with Crippen molar-refractivity contribution in [3.8, 4) is 0 Å². The Balaban J connectivity index is 1.77. The predicted molar refractivity (Wildman–Crippen MR) is 63.0 cm³/mol. The van der Waals surface area contributed by atoms with E-state index in [4.69, 9.17) is 4.74 Å². The number of nitrogens with zero attached hydrogens (tertiary/aromatic N) is 1. The van der Waals surface area contributed by atoms with Crippen LogP contribution in [0.15, 0.2) is 0 Å². The third-order valence-corrected chi connectivity index (χ3v) is 3.91. The van der Waals surface area contributed by atoms with Crippen LogP contribution < -0.4 is 0 Å². The van der Waals surface area contributed by atoms with Crippen molar-refractivity contribution in [3.63, 3.8) is 0 Å². The van der Waals surface area contributed by atoms with Crippen LogP contribution in [0.3, 0.4) is 0 Å². The summed E-state index contributed by atoms with van der Waals surface area (Å²) < 4.78 is 5.79. The number of ether oxygens (including phenoxy) is 1. The van der Waals surface area contributed by atoms with Gasteiger partial charge in [-0.15, -0.1) is 0 Å². The molecule has 0 aromatic heterocycles. The van der Waals surface area contributed by atoms with E-state index >= 15 is 0 Å². The van der Waals surface area contributed by atoms with Crippen LogP contribution in [0.2, 0.25) is 0 Å². The zero-order valence-corrected chi connectivity index (χ0v) is 10.5. The first kappa shape index (κ1) is 11.4. The minimum atomic E-state index is 0.387. The first-order valence-corrected chi connectivity index (χ1v) is 6.47. The van der Waals surface area contributed by atoms with E-state index in [0.29, 0.717) is 11.5 Å². The third kappa shape index (κ3) is 2.94. The topological polar surface area (TPSA) is 12.5 Å². The van der Waals surface area contributed by atoms with Crippen LogP contribution in [0.1, 0.15) is 46.5 Å². The normalized spacial score (nSPS) is 30.0. The zero-order valence-electron chi connectivity index (χ0n) is 10.5. The molecular formula is C13H25NO. The fourth-order valence-electron chi connectivity index (χ4n) is 2.53. The summed E-state index contributed by atoms with van der Waals surface area (Å²) in [5.74, 6) is 0. The summed E-state index contributed by atoms with van der Waals surface area (Å²) in [7, 11) is 0. The smallest absolute Gasteiger partial charge is 0.0538 e. The summed E-state index contributed by atoms with van der Waals surface area (Å²) in [5, 5.41) is 0. The third-order valence-electron chi connectivity index (χ3n) is 3.91. The number of likely N-dealkylation sites (tertiary alicyclic amines) is 1. The Morgan fingerprint density at radius 2 is 2.13 bits per heavy atom. The molecule has 2 fully saturated rings. The van der Waals surface area contributed by atoms with E-state index in [2.05, 4.69) is 25.7 Å². The molecule has 1 aliphatic heterocycles. The van der Waals surface area contributed by atoms with Crippen molar-refractivity contribution in [1.82, 2.24) is 4.90 Å². The highest BCUT2D eigenvalue weighted by Crippen LogP contribution is 2.47. The van der Waals surface area contributed by atoms with E-state index in [1.54, 1.807) is 0 Å². The van der Waals surface area contributed by atoms with Gasteiger partial charge in [0.2, 0.25) is 0 Å². The molecule has 1 aliphatic carbocycles. The molecule has 0 unspecified atom stereocenters. The predicted octanol–water partition coefficient (Wildman–Crippen LogP) is 2.68. The molecule has 1 atom stereocenters. The van der Waals surface area contributed by atoms with E-state index in [9.17, 15) is 0 Å². The van der Waals surface area contributed by atoms with E-state index in [1.165, 1.54) is 38.8 Å². The van der Waals surface area contributed by atoms with Crippen molar-refractivity contribution >= 4 is 0 Å². The van der Waals surface area contributed by atoms with Gasteiger partial charge in [0, 0.05) is 18.0 Å². The minimum absolute atomic E-state index is 0.387. The van der Waals surface area contributed by atoms with Crippen LogP contribution >= 0.6 is 0 Å². The van der Waals surface area contributed by atoms with E-state index < -0.39 is 0 Å². The molecule has 0 spiro atoms. The molecule has 2 aliphatic rings. The van der Waals surface area contributed by atoms with Crippen molar-refractivity contribution in [2.24, 2.45) is 5.41 Å². The summed E-state index contributed by atoms with van der Waals surface area (Å²) in [4.78, 5) is 2.66. The lowest BCUT2D eigenvalue weighted by Crippen LogP contribution is -2.35. The highest BCUT2D eigenvalue weighted by atomic mass is 16.5. The lowest BCUT2D eigenvalue weighted by atomic mass is 10.1. The SMILES string of the molecule is CC(C)OCC1(CN2CCC[C@H]2C)CC1. The quantitative estimate of drug-likeness (QED) is 0.693. The zero-order chi connectivity index (χ0) is 10.9. The molecule has 1 saturated carbocycles. The van der Waals surface area contributed by atoms with Crippen molar-refractivity contribution < 1.29 is 4.74 Å². The molecule has 1 heterocycles. The average molecular weight is 211 g/mol. The number of hydrogen-bond acceptors (Lipinski definition) is 2. The Hall–Kier alpha value is -0.0800. The van der Waals surface area contributed by atoms with Gasteiger partial charge in [0.1, 0.15) is 0 Å². The van der Waals surface area contributed by atoms with E-state index in [1.807, 2.05) is 0 Å². The van der Waals surface area contributed by atoms with Crippen LogP contribution in [0.4, 0.5) is 0 Å². The van der Waals surface area contributed by atoms with Crippen LogP contribution in [-0.4, -0.2) is 36.7 Å². The second-order valence-electron chi connectivity index (χ2n) is 5.82. The van der Waals surface area contributed by atoms with Crippen LogP contribution in [0.5, 0.6) is 0 Å². The summed E-state index contributed by atoms with van der Waals surface area (Å²) in [6.07, 6.45) is 5.92. The monoisotopic (exact) mass is 211 g/mol. The summed E-state index contributed by atoms with van der Waals surface area (Å²) in [5.41, 5.74) is 0.531. The molecule has 0 aromatic rings. The summed E-state index contributed by atoms with van der Waals surface area (Å²) in [6, 6.07) is 0.807. The van der Waals surface area contributed by atoms with E-state index in [-0.39, 0.29) is 0 Å². The number of rotatable bonds is 5. The van der Waals surface area contributed by atoms with Gasteiger partial charge in [-0.3, -0.25) is 0 Å².